The lowest BCUT2D eigenvalue weighted by atomic mass is 9.87. The second-order valence-corrected chi connectivity index (χ2v) is 7.15. The van der Waals surface area contributed by atoms with E-state index in [1.54, 1.807) is 0 Å². The van der Waals surface area contributed by atoms with E-state index in [0.717, 1.165) is 38.4 Å². The monoisotopic (exact) mass is 315 g/mol. The van der Waals surface area contributed by atoms with Crippen LogP contribution in [-0.2, 0) is 11.3 Å². The van der Waals surface area contributed by atoms with Crippen molar-refractivity contribution in [3.63, 3.8) is 0 Å². The first kappa shape index (κ1) is 16.3. The number of nitrogens with one attached hydrogen (secondary N) is 1. The zero-order valence-electron chi connectivity index (χ0n) is 14.4. The number of hydrogen-bond donors (Lipinski definition) is 1. The van der Waals surface area contributed by atoms with Gasteiger partial charge in [0.2, 0.25) is 5.91 Å². The van der Waals surface area contributed by atoms with Gasteiger partial charge in [0, 0.05) is 38.4 Å². The van der Waals surface area contributed by atoms with E-state index in [0.29, 0.717) is 12.6 Å². The molecule has 126 valence electrons. The summed E-state index contributed by atoms with van der Waals surface area (Å²) in [5.74, 6) is 1.07. The average molecular weight is 315 g/mol. The molecule has 4 heteroatoms. The zero-order valence-corrected chi connectivity index (χ0v) is 14.4. The fourth-order valence-electron chi connectivity index (χ4n) is 3.80. The number of nitrogens with zero attached hydrogens (tertiary/aromatic N) is 2. The SMILES string of the molecule is CC1CCC(N(C)C(=O)CN2CCNCc3ccccc32)CC1. The van der Waals surface area contributed by atoms with Crippen LogP contribution in [0.1, 0.15) is 38.2 Å². The number of amides is 1. The highest BCUT2D eigenvalue weighted by molar-refractivity contribution is 5.82. The predicted octanol–water partition coefficient (Wildman–Crippen LogP) is 2.63. The lowest BCUT2D eigenvalue weighted by Gasteiger charge is -2.35. The second kappa shape index (κ2) is 7.35. The highest BCUT2D eigenvalue weighted by Gasteiger charge is 2.26. The summed E-state index contributed by atoms with van der Waals surface area (Å²) in [6, 6.07) is 8.85. The van der Waals surface area contributed by atoms with Crippen molar-refractivity contribution in [2.45, 2.75) is 45.2 Å². The quantitative estimate of drug-likeness (QED) is 0.931. The number of anilines is 1. The molecule has 1 aliphatic carbocycles. The van der Waals surface area contributed by atoms with Crippen LogP contribution in [0.15, 0.2) is 24.3 Å². The molecule has 1 heterocycles. The number of hydrogen-bond acceptors (Lipinski definition) is 3. The number of fused-ring (bicyclic) bond motifs is 1. The van der Waals surface area contributed by atoms with E-state index in [1.807, 2.05) is 11.9 Å². The number of benzene rings is 1. The number of rotatable bonds is 3. The smallest absolute Gasteiger partial charge is 0.242 e. The van der Waals surface area contributed by atoms with Crippen LogP contribution in [0.25, 0.3) is 0 Å². The van der Waals surface area contributed by atoms with Crippen molar-refractivity contribution in [1.29, 1.82) is 0 Å². The van der Waals surface area contributed by atoms with Gasteiger partial charge in [-0.3, -0.25) is 4.79 Å². The van der Waals surface area contributed by atoms with Gasteiger partial charge in [0.25, 0.3) is 0 Å². The highest BCUT2D eigenvalue weighted by atomic mass is 16.2. The molecule has 2 aliphatic rings. The minimum atomic E-state index is 0.251. The Labute approximate surface area is 139 Å². The molecule has 0 spiro atoms. The lowest BCUT2D eigenvalue weighted by molar-refractivity contribution is -0.131. The summed E-state index contributed by atoms with van der Waals surface area (Å²) in [5.41, 5.74) is 2.49. The maximum absolute atomic E-state index is 12.8. The summed E-state index contributed by atoms with van der Waals surface area (Å²) >= 11 is 0. The molecule has 0 saturated heterocycles. The third-order valence-corrected chi connectivity index (χ3v) is 5.46. The van der Waals surface area contributed by atoms with Crippen molar-refractivity contribution in [3.8, 4) is 0 Å². The van der Waals surface area contributed by atoms with Crippen LogP contribution in [0.2, 0.25) is 0 Å². The fraction of sp³-hybridized carbons (Fsp3) is 0.632. The van der Waals surface area contributed by atoms with Crippen molar-refractivity contribution in [1.82, 2.24) is 10.2 Å². The standard InChI is InChI=1S/C19H29N3O/c1-15-7-9-17(10-8-15)21(2)19(23)14-22-12-11-20-13-16-5-3-4-6-18(16)22/h3-6,15,17,20H,7-14H2,1-2H3. The van der Waals surface area contributed by atoms with Gasteiger partial charge in [-0.25, -0.2) is 0 Å². The van der Waals surface area contributed by atoms with Crippen LogP contribution in [-0.4, -0.2) is 43.5 Å². The molecule has 1 N–H and O–H groups in total. The first-order valence-corrected chi connectivity index (χ1v) is 8.94. The minimum Gasteiger partial charge on any atom is -0.361 e. The Morgan fingerprint density at radius 2 is 2.00 bits per heavy atom. The molecule has 1 fully saturated rings. The zero-order chi connectivity index (χ0) is 16.2. The molecule has 4 nitrogen and oxygen atoms in total. The van der Waals surface area contributed by atoms with Gasteiger partial charge < -0.3 is 15.1 Å². The number of carbonyl (C=O) groups is 1. The maximum Gasteiger partial charge on any atom is 0.242 e. The molecule has 0 radical (unpaired) electrons. The van der Waals surface area contributed by atoms with Gasteiger partial charge in [0.05, 0.1) is 6.54 Å². The summed E-state index contributed by atoms with van der Waals surface area (Å²) < 4.78 is 0. The Hall–Kier alpha value is -1.55. The molecule has 1 aromatic rings. The van der Waals surface area contributed by atoms with Gasteiger partial charge in [0.1, 0.15) is 0 Å². The van der Waals surface area contributed by atoms with Gasteiger partial charge in [-0.1, -0.05) is 25.1 Å². The number of para-hydroxylation sites is 1. The third kappa shape index (κ3) is 3.86. The molecule has 3 rings (SSSR count). The van der Waals surface area contributed by atoms with Crippen LogP contribution >= 0.6 is 0 Å². The first-order valence-electron chi connectivity index (χ1n) is 8.94. The first-order chi connectivity index (χ1) is 11.1. The number of carbonyl (C=O) groups excluding carboxylic acids is 1. The summed E-state index contributed by atoms with van der Waals surface area (Å²) in [5, 5.41) is 3.44. The van der Waals surface area contributed by atoms with Crippen LogP contribution < -0.4 is 10.2 Å². The van der Waals surface area contributed by atoms with Crippen molar-refractivity contribution >= 4 is 11.6 Å². The summed E-state index contributed by atoms with van der Waals surface area (Å²) in [4.78, 5) is 17.0. The highest BCUT2D eigenvalue weighted by Crippen LogP contribution is 2.27. The average Bonchev–Trinajstić information content (AvgIpc) is 2.77. The van der Waals surface area contributed by atoms with E-state index in [1.165, 1.54) is 24.1 Å². The van der Waals surface area contributed by atoms with E-state index in [4.69, 9.17) is 0 Å². The van der Waals surface area contributed by atoms with E-state index < -0.39 is 0 Å². The van der Waals surface area contributed by atoms with E-state index in [-0.39, 0.29) is 5.91 Å². The van der Waals surface area contributed by atoms with E-state index in [2.05, 4.69) is 41.4 Å². The largest absolute Gasteiger partial charge is 0.361 e. The van der Waals surface area contributed by atoms with Crippen LogP contribution in [0.4, 0.5) is 5.69 Å². The van der Waals surface area contributed by atoms with Crippen LogP contribution in [0, 0.1) is 5.92 Å². The lowest BCUT2D eigenvalue weighted by Crippen LogP contribution is -2.45. The second-order valence-electron chi connectivity index (χ2n) is 7.15. The molecule has 1 saturated carbocycles. The van der Waals surface area contributed by atoms with Crippen LogP contribution in [0.3, 0.4) is 0 Å². The van der Waals surface area contributed by atoms with Gasteiger partial charge in [-0.2, -0.15) is 0 Å². The minimum absolute atomic E-state index is 0.251. The summed E-state index contributed by atoms with van der Waals surface area (Å²) in [6.45, 7) is 5.50. The molecule has 0 aromatic heterocycles. The molecular formula is C19H29N3O. The molecule has 1 aromatic carbocycles. The molecule has 0 atom stereocenters. The third-order valence-electron chi connectivity index (χ3n) is 5.46. The van der Waals surface area contributed by atoms with E-state index >= 15 is 0 Å². The molecular weight excluding hydrogens is 286 g/mol. The Bertz CT molecular complexity index is 537. The molecule has 0 bridgehead atoms. The Kier molecular flexibility index (Phi) is 5.21. The molecule has 23 heavy (non-hydrogen) atoms. The van der Waals surface area contributed by atoms with Gasteiger partial charge >= 0.3 is 0 Å². The van der Waals surface area contributed by atoms with Gasteiger partial charge in [-0.05, 0) is 43.2 Å². The summed E-state index contributed by atoms with van der Waals surface area (Å²) in [7, 11) is 1.99. The Morgan fingerprint density at radius 1 is 1.26 bits per heavy atom. The normalized spacial score (nSPS) is 24.7. The number of likely N-dealkylation sites (N-methyl/N-ethyl adjacent to an activating group) is 1. The topological polar surface area (TPSA) is 35.6 Å². The van der Waals surface area contributed by atoms with E-state index in [9.17, 15) is 4.79 Å². The maximum atomic E-state index is 12.8. The van der Waals surface area contributed by atoms with Crippen LogP contribution in [0.5, 0.6) is 0 Å². The summed E-state index contributed by atoms with van der Waals surface area (Å²) in [6.07, 6.45) is 4.81. The van der Waals surface area contributed by atoms with Crippen molar-refractivity contribution in [2.75, 3.05) is 31.6 Å². The van der Waals surface area contributed by atoms with Gasteiger partial charge in [-0.15, -0.1) is 0 Å². The van der Waals surface area contributed by atoms with Crippen molar-refractivity contribution in [3.05, 3.63) is 29.8 Å². The van der Waals surface area contributed by atoms with Crippen molar-refractivity contribution < 1.29 is 4.79 Å². The predicted molar refractivity (Wildman–Crippen MR) is 94.6 cm³/mol. The van der Waals surface area contributed by atoms with Gasteiger partial charge in [0.15, 0.2) is 0 Å². The molecule has 1 amide bonds. The Balaban J connectivity index is 1.65. The molecule has 1 aliphatic heterocycles. The Morgan fingerprint density at radius 3 is 2.78 bits per heavy atom. The molecule has 0 unspecified atom stereocenters. The van der Waals surface area contributed by atoms with Crippen molar-refractivity contribution in [2.24, 2.45) is 5.92 Å². The fourth-order valence-corrected chi connectivity index (χ4v) is 3.80.